The van der Waals surface area contributed by atoms with E-state index < -0.39 is 12.0 Å². The highest BCUT2D eigenvalue weighted by molar-refractivity contribution is 7.71. The molecular weight excluding hydrogens is 289 g/mol. The molecule has 0 aliphatic carbocycles. The van der Waals surface area contributed by atoms with Gasteiger partial charge in [-0.2, -0.15) is 13.2 Å². The summed E-state index contributed by atoms with van der Waals surface area (Å²) in [5, 5.41) is 0. The van der Waals surface area contributed by atoms with E-state index in [0.29, 0.717) is 11.3 Å². The summed E-state index contributed by atoms with van der Waals surface area (Å²) in [5.41, 5.74) is 1.62. The van der Waals surface area contributed by atoms with Crippen LogP contribution in [0.25, 0.3) is 11.3 Å². The van der Waals surface area contributed by atoms with Crippen molar-refractivity contribution in [1.29, 1.82) is 0 Å². The minimum absolute atomic E-state index is 0.130. The Morgan fingerprint density at radius 2 is 1.95 bits per heavy atom. The molecule has 0 amide bonds. The van der Waals surface area contributed by atoms with Gasteiger partial charge in [0.25, 0.3) is 0 Å². The molecule has 20 heavy (non-hydrogen) atoms. The summed E-state index contributed by atoms with van der Waals surface area (Å²) in [6.07, 6.45) is -4.58. The van der Waals surface area contributed by atoms with Gasteiger partial charge < -0.3 is 9.72 Å². The second kappa shape index (κ2) is 5.24. The number of ether oxygens (including phenoxy) is 1. The second-order valence-corrected chi connectivity index (χ2v) is 4.60. The van der Waals surface area contributed by atoms with Crippen LogP contribution >= 0.6 is 12.2 Å². The number of aromatic nitrogens is 2. The molecule has 1 aromatic carbocycles. The van der Waals surface area contributed by atoms with Gasteiger partial charge in [-0.1, -0.05) is 23.8 Å². The summed E-state index contributed by atoms with van der Waals surface area (Å²) in [6, 6.07) is 6.60. The maximum atomic E-state index is 12.8. The van der Waals surface area contributed by atoms with E-state index >= 15 is 0 Å². The molecule has 1 N–H and O–H groups in total. The molecule has 2 rings (SSSR count). The van der Waals surface area contributed by atoms with Crippen LogP contribution in [0.5, 0.6) is 5.75 Å². The molecule has 3 nitrogen and oxygen atoms in total. The molecule has 0 fully saturated rings. The summed E-state index contributed by atoms with van der Waals surface area (Å²) in [5.74, 6) is -0.663. The molecule has 0 unspecified atom stereocenters. The maximum absolute atomic E-state index is 12.8. The predicted molar refractivity (Wildman–Crippen MR) is 71.1 cm³/mol. The standard InChI is InChI=1S/C13H11F3N2OS/c1-7-3-4-10(19-2)8(5-7)9-6-11(20)18-12(17-9)13(14,15)16/h3-6H,1-2H3,(H,17,18,20). The van der Waals surface area contributed by atoms with Gasteiger partial charge in [0.1, 0.15) is 10.4 Å². The van der Waals surface area contributed by atoms with Gasteiger partial charge in [0.15, 0.2) is 0 Å². The van der Waals surface area contributed by atoms with E-state index in [0.717, 1.165) is 5.56 Å². The van der Waals surface area contributed by atoms with E-state index in [9.17, 15) is 13.2 Å². The van der Waals surface area contributed by atoms with Crippen molar-refractivity contribution in [2.45, 2.75) is 13.1 Å². The largest absolute Gasteiger partial charge is 0.496 e. The quantitative estimate of drug-likeness (QED) is 0.847. The van der Waals surface area contributed by atoms with Gasteiger partial charge >= 0.3 is 6.18 Å². The lowest BCUT2D eigenvalue weighted by Gasteiger charge is -2.12. The first-order valence-corrected chi connectivity index (χ1v) is 6.05. The van der Waals surface area contributed by atoms with Gasteiger partial charge in [0, 0.05) is 5.56 Å². The molecule has 2 aromatic rings. The molecule has 0 atom stereocenters. The van der Waals surface area contributed by atoms with Gasteiger partial charge in [-0.3, -0.25) is 0 Å². The van der Waals surface area contributed by atoms with Gasteiger partial charge in [0.05, 0.1) is 12.8 Å². The van der Waals surface area contributed by atoms with E-state index in [2.05, 4.69) is 9.97 Å². The molecule has 0 saturated heterocycles. The van der Waals surface area contributed by atoms with E-state index in [1.807, 2.05) is 13.0 Å². The van der Waals surface area contributed by atoms with Crippen molar-refractivity contribution < 1.29 is 17.9 Å². The topological polar surface area (TPSA) is 37.9 Å². The van der Waals surface area contributed by atoms with Gasteiger partial charge in [0.2, 0.25) is 5.82 Å². The first-order chi connectivity index (χ1) is 9.31. The first-order valence-electron chi connectivity index (χ1n) is 5.65. The third kappa shape index (κ3) is 2.98. The molecule has 0 aliphatic heterocycles. The van der Waals surface area contributed by atoms with Crippen LogP contribution in [0.2, 0.25) is 0 Å². The van der Waals surface area contributed by atoms with Crippen molar-refractivity contribution in [2.24, 2.45) is 0 Å². The van der Waals surface area contributed by atoms with Gasteiger partial charge in [-0.15, -0.1) is 0 Å². The number of rotatable bonds is 2. The van der Waals surface area contributed by atoms with Crippen LogP contribution in [-0.4, -0.2) is 17.1 Å². The fraction of sp³-hybridized carbons (Fsp3) is 0.231. The molecule has 1 aromatic heterocycles. The van der Waals surface area contributed by atoms with Crippen LogP contribution in [0.3, 0.4) is 0 Å². The zero-order valence-electron chi connectivity index (χ0n) is 10.7. The fourth-order valence-electron chi connectivity index (χ4n) is 1.77. The van der Waals surface area contributed by atoms with Crippen LogP contribution in [0.1, 0.15) is 11.4 Å². The molecule has 1 heterocycles. The summed E-state index contributed by atoms with van der Waals surface area (Å²) < 4.78 is 43.3. The monoisotopic (exact) mass is 300 g/mol. The number of nitrogens with zero attached hydrogens (tertiary/aromatic N) is 1. The highest BCUT2D eigenvalue weighted by Gasteiger charge is 2.34. The number of hydrogen-bond donors (Lipinski definition) is 1. The third-order valence-corrected chi connectivity index (χ3v) is 2.87. The zero-order valence-corrected chi connectivity index (χ0v) is 11.5. The van der Waals surface area contributed by atoms with Crippen LogP contribution in [0.15, 0.2) is 24.3 Å². The number of benzene rings is 1. The molecule has 0 saturated carbocycles. The lowest BCUT2D eigenvalue weighted by atomic mass is 10.1. The van der Waals surface area contributed by atoms with Crippen LogP contribution < -0.4 is 4.74 Å². The number of methoxy groups -OCH3 is 1. The van der Waals surface area contributed by atoms with Crippen molar-refractivity contribution in [1.82, 2.24) is 9.97 Å². The lowest BCUT2D eigenvalue weighted by Crippen LogP contribution is -2.11. The van der Waals surface area contributed by atoms with Crippen molar-refractivity contribution in [3.8, 4) is 17.0 Å². The minimum atomic E-state index is -4.58. The Balaban J connectivity index is 2.67. The molecule has 0 spiro atoms. The maximum Gasteiger partial charge on any atom is 0.449 e. The van der Waals surface area contributed by atoms with Crippen LogP contribution in [0.4, 0.5) is 13.2 Å². The number of aromatic amines is 1. The van der Waals surface area contributed by atoms with Crippen molar-refractivity contribution >= 4 is 12.2 Å². The Morgan fingerprint density at radius 3 is 2.55 bits per heavy atom. The summed E-state index contributed by atoms with van der Waals surface area (Å²) in [6.45, 7) is 1.84. The molecule has 0 radical (unpaired) electrons. The Hall–Kier alpha value is -1.89. The van der Waals surface area contributed by atoms with Crippen molar-refractivity contribution in [3.63, 3.8) is 0 Å². The molecular formula is C13H11F3N2OS. The summed E-state index contributed by atoms with van der Waals surface area (Å²) in [4.78, 5) is 5.56. The van der Waals surface area contributed by atoms with Gasteiger partial charge in [-0.05, 0) is 25.1 Å². The number of aryl methyl sites for hydroxylation is 1. The molecule has 0 aliphatic rings. The second-order valence-electron chi connectivity index (χ2n) is 4.18. The highest BCUT2D eigenvalue weighted by Crippen LogP contribution is 2.32. The highest BCUT2D eigenvalue weighted by atomic mass is 32.1. The fourth-order valence-corrected chi connectivity index (χ4v) is 1.98. The average Bonchev–Trinajstić information content (AvgIpc) is 2.37. The average molecular weight is 300 g/mol. The van der Waals surface area contributed by atoms with E-state index in [1.165, 1.54) is 13.2 Å². The van der Waals surface area contributed by atoms with Crippen molar-refractivity contribution in [2.75, 3.05) is 7.11 Å². The molecule has 0 bridgehead atoms. The smallest absolute Gasteiger partial charge is 0.449 e. The lowest BCUT2D eigenvalue weighted by molar-refractivity contribution is -0.145. The van der Waals surface area contributed by atoms with E-state index in [-0.39, 0.29) is 10.3 Å². The van der Waals surface area contributed by atoms with Crippen molar-refractivity contribution in [3.05, 3.63) is 40.3 Å². The van der Waals surface area contributed by atoms with E-state index in [4.69, 9.17) is 17.0 Å². The Kier molecular flexibility index (Phi) is 3.80. The van der Waals surface area contributed by atoms with Crippen LogP contribution in [-0.2, 0) is 6.18 Å². The zero-order chi connectivity index (χ0) is 14.9. The minimum Gasteiger partial charge on any atom is -0.496 e. The molecule has 106 valence electrons. The van der Waals surface area contributed by atoms with Crippen LogP contribution in [0, 0.1) is 11.6 Å². The van der Waals surface area contributed by atoms with Gasteiger partial charge in [-0.25, -0.2) is 4.98 Å². The normalized spacial score (nSPS) is 11.4. The predicted octanol–water partition coefficient (Wildman–Crippen LogP) is 4.14. The molecule has 7 heteroatoms. The Bertz CT molecular complexity index is 695. The summed E-state index contributed by atoms with van der Waals surface area (Å²) in [7, 11) is 1.45. The number of nitrogens with one attached hydrogen (secondary N) is 1. The Labute approximate surface area is 118 Å². The number of alkyl halides is 3. The third-order valence-electron chi connectivity index (χ3n) is 2.66. The first kappa shape index (κ1) is 14.5. The number of halogens is 3. The number of H-pyrrole nitrogens is 1. The number of hydrogen-bond acceptors (Lipinski definition) is 3. The summed E-state index contributed by atoms with van der Waals surface area (Å²) >= 11 is 4.80. The Morgan fingerprint density at radius 1 is 1.25 bits per heavy atom. The SMILES string of the molecule is COc1ccc(C)cc1-c1cc(=S)nc(C(F)(F)F)[nH]1. The van der Waals surface area contributed by atoms with E-state index in [1.54, 1.807) is 12.1 Å².